The summed E-state index contributed by atoms with van der Waals surface area (Å²) in [6.45, 7) is 4.09. The molecule has 0 saturated carbocycles. The molecule has 1 fully saturated rings. The van der Waals surface area contributed by atoms with Crippen LogP contribution in [-0.2, 0) is 10.2 Å². The van der Waals surface area contributed by atoms with E-state index in [4.69, 9.17) is 20.9 Å². The number of benzene rings is 1. The fourth-order valence-electron chi connectivity index (χ4n) is 2.75. The molecule has 1 aromatic carbocycles. The van der Waals surface area contributed by atoms with Gasteiger partial charge in [-0.15, -0.1) is 0 Å². The summed E-state index contributed by atoms with van der Waals surface area (Å²) >= 11 is 0. The Morgan fingerprint density at radius 3 is 2.65 bits per heavy atom. The van der Waals surface area contributed by atoms with Gasteiger partial charge in [-0.05, 0) is 25.8 Å². The Morgan fingerprint density at radius 2 is 2.05 bits per heavy atom. The van der Waals surface area contributed by atoms with Crippen molar-refractivity contribution >= 4 is 5.96 Å². The summed E-state index contributed by atoms with van der Waals surface area (Å²) in [4.78, 5) is 4.26. The Hall–Kier alpha value is -1.75. The third kappa shape index (κ3) is 3.04. The second kappa shape index (κ2) is 6.13. The molecule has 20 heavy (non-hydrogen) atoms. The van der Waals surface area contributed by atoms with E-state index in [1.807, 2.05) is 6.07 Å². The molecule has 0 spiro atoms. The molecule has 1 aliphatic rings. The van der Waals surface area contributed by atoms with E-state index in [1.165, 1.54) is 11.1 Å². The molecule has 0 aliphatic carbocycles. The first kappa shape index (κ1) is 14.7. The van der Waals surface area contributed by atoms with Gasteiger partial charge in [-0.2, -0.15) is 0 Å². The van der Waals surface area contributed by atoms with Gasteiger partial charge in [0.05, 0.1) is 13.7 Å². The number of nitrogens with two attached hydrogens (primary N) is 2. The fourth-order valence-corrected chi connectivity index (χ4v) is 2.75. The first-order chi connectivity index (χ1) is 9.57. The van der Waals surface area contributed by atoms with E-state index in [-0.39, 0.29) is 11.4 Å². The molecule has 5 nitrogen and oxygen atoms in total. The first-order valence-corrected chi connectivity index (χ1v) is 6.86. The normalized spacial score (nSPS) is 17.5. The Labute approximate surface area is 120 Å². The topological polar surface area (TPSA) is 82.9 Å². The van der Waals surface area contributed by atoms with Gasteiger partial charge in [0.1, 0.15) is 5.75 Å². The van der Waals surface area contributed by atoms with Gasteiger partial charge < -0.3 is 20.9 Å². The summed E-state index contributed by atoms with van der Waals surface area (Å²) in [7, 11) is 1.70. The van der Waals surface area contributed by atoms with Crippen LogP contribution >= 0.6 is 0 Å². The van der Waals surface area contributed by atoms with Gasteiger partial charge in [-0.25, -0.2) is 0 Å². The van der Waals surface area contributed by atoms with Gasteiger partial charge in [0.25, 0.3) is 0 Å². The summed E-state index contributed by atoms with van der Waals surface area (Å²) < 4.78 is 11.0. The van der Waals surface area contributed by atoms with Crippen LogP contribution in [0, 0.1) is 6.92 Å². The summed E-state index contributed by atoms with van der Waals surface area (Å²) in [6, 6.07) is 6.24. The zero-order chi connectivity index (χ0) is 14.6. The van der Waals surface area contributed by atoms with E-state index in [1.54, 1.807) is 7.11 Å². The average molecular weight is 277 g/mol. The number of hydrogen-bond acceptors (Lipinski definition) is 3. The molecule has 0 aromatic heterocycles. The lowest BCUT2D eigenvalue weighted by Crippen LogP contribution is -2.38. The molecule has 0 amide bonds. The number of aliphatic imine (C=N–C) groups is 1. The van der Waals surface area contributed by atoms with Crippen LogP contribution in [0.15, 0.2) is 23.2 Å². The van der Waals surface area contributed by atoms with Gasteiger partial charge in [0.2, 0.25) is 0 Å². The molecule has 0 unspecified atom stereocenters. The molecule has 1 saturated heterocycles. The molecular formula is C15H23N3O2. The lowest BCUT2D eigenvalue weighted by atomic mass is 9.73. The molecule has 1 heterocycles. The van der Waals surface area contributed by atoms with E-state index in [9.17, 15) is 0 Å². The zero-order valence-corrected chi connectivity index (χ0v) is 12.2. The summed E-state index contributed by atoms with van der Waals surface area (Å²) in [5, 5.41) is 0. The maximum atomic E-state index is 5.53. The lowest BCUT2D eigenvalue weighted by Gasteiger charge is -2.37. The number of methoxy groups -OCH3 is 1. The van der Waals surface area contributed by atoms with Crippen LogP contribution in [-0.4, -0.2) is 32.8 Å². The minimum absolute atomic E-state index is 0.112. The smallest absolute Gasteiger partial charge is 0.185 e. The Kier molecular flexibility index (Phi) is 4.49. The fraction of sp³-hybridized carbons (Fsp3) is 0.533. The predicted octanol–water partition coefficient (Wildman–Crippen LogP) is 1.33. The highest BCUT2D eigenvalue weighted by molar-refractivity contribution is 5.75. The van der Waals surface area contributed by atoms with Crippen LogP contribution in [0.25, 0.3) is 0 Å². The van der Waals surface area contributed by atoms with Crippen LogP contribution in [0.3, 0.4) is 0 Å². The molecule has 1 aliphatic heterocycles. The van der Waals surface area contributed by atoms with Gasteiger partial charge in [0, 0.05) is 24.2 Å². The van der Waals surface area contributed by atoms with Gasteiger partial charge in [-0.1, -0.05) is 17.7 Å². The van der Waals surface area contributed by atoms with Crippen molar-refractivity contribution in [3.63, 3.8) is 0 Å². The van der Waals surface area contributed by atoms with Crippen molar-refractivity contribution in [1.29, 1.82) is 0 Å². The molecule has 1 aromatic rings. The quantitative estimate of drug-likeness (QED) is 0.642. The number of ether oxygens (including phenoxy) is 2. The highest BCUT2D eigenvalue weighted by Crippen LogP contribution is 2.40. The standard InChI is InChI=1S/C15H23N3O2/c1-11-3-4-13(19-2)12(9-11)15(10-18-14(16)17)5-7-20-8-6-15/h3-4,9H,5-8,10H2,1-2H3,(H4,16,17,18). The maximum absolute atomic E-state index is 5.53. The number of nitrogens with zero attached hydrogens (tertiary/aromatic N) is 1. The van der Waals surface area contributed by atoms with Gasteiger partial charge in [-0.3, -0.25) is 4.99 Å². The SMILES string of the molecule is COc1ccc(C)cc1C1(CN=C(N)N)CCOCC1. The first-order valence-electron chi connectivity index (χ1n) is 6.86. The molecule has 4 N–H and O–H groups in total. The number of aryl methyl sites for hydroxylation is 1. The number of guanidine groups is 1. The van der Waals surface area contributed by atoms with E-state index in [0.717, 1.165) is 31.8 Å². The van der Waals surface area contributed by atoms with Crippen molar-refractivity contribution in [1.82, 2.24) is 0 Å². The summed E-state index contributed by atoms with van der Waals surface area (Å²) in [5.74, 6) is 1.02. The molecule has 110 valence electrons. The van der Waals surface area contributed by atoms with Crippen LogP contribution in [0.1, 0.15) is 24.0 Å². The van der Waals surface area contributed by atoms with Crippen LogP contribution in [0.5, 0.6) is 5.75 Å². The van der Waals surface area contributed by atoms with E-state index < -0.39 is 0 Å². The van der Waals surface area contributed by atoms with Crippen molar-refractivity contribution in [2.45, 2.75) is 25.2 Å². The predicted molar refractivity (Wildman–Crippen MR) is 80.1 cm³/mol. The minimum atomic E-state index is -0.112. The minimum Gasteiger partial charge on any atom is -0.496 e. The third-order valence-electron chi connectivity index (χ3n) is 3.94. The van der Waals surface area contributed by atoms with Crippen LogP contribution < -0.4 is 16.2 Å². The molecule has 0 radical (unpaired) electrons. The van der Waals surface area contributed by atoms with E-state index in [2.05, 4.69) is 24.0 Å². The lowest BCUT2D eigenvalue weighted by molar-refractivity contribution is 0.0523. The highest BCUT2D eigenvalue weighted by Gasteiger charge is 2.36. The highest BCUT2D eigenvalue weighted by atomic mass is 16.5. The van der Waals surface area contributed by atoms with Crippen LogP contribution in [0.4, 0.5) is 0 Å². The molecule has 0 bridgehead atoms. The third-order valence-corrected chi connectivity index (χ3v) is 3.94. The number of hydrogen-bond donors (Lipinski definition) is 2. The van der Waals surface area contributed by atoms with E-state index in [0.29, 0.717) is 6.54 Å². The molecular weight excluding hydrogens is 254 g/mol. The van der Waals surface area contributed by atoms with Crippen molar-refractivity contribution in [3.05, 3.63) is 29.3 Å². The van der Waals surface area contributed by atoms with Crippen molar-refractivity contribution in [2.24, 2.45) is 16.5 Å². The Balaban J connectivity index is 2.45. The van der Waals surface area contributed by atoms with Crippen molar-refractivity contribution in [3.8, 4) is 5.75 Å². The summed E-state index contributed by atoms with van der Waals surface area (Å²) in [6.07, 6.45) is 1.78. The number of rotatable bonds is 4. The summed E-state index contributed by atoms with van der Waals surface area (Å²) in [5.41, 5.74) is 13.3. The zero-order valence-electron chi connectivity index (χ0n) is 12.2. The largest absolute Gasteiger partial charge is 0.496 e. The Morgan fingerprint density at radius 1 is 1.35 bits per heavy atom. The van der Waals surface area contributed by atoms with Gasteiger partial charge in [0.15, 0.2) is 5.96 Å². The maximum Gasteiger partial charge on any atom is 0.185 e. The van der Waals surface area contributed by atoms with Gasteiger partial charge >= 0.3 is 0 Å². The van der Waals surface area contributed by atoms with Crippen molar-refractivity contribution in [2.75, 3.05) is 26.9 Å². The van der Waals surface area contributed by atoms with E-state index >= 15 is 0 Å². The van der Waals surface area contributed by atoms with Crippen LogP contribution in [0.2, 0.25) is 0 Å². The molecule has 0 atom stereocenters. The Bertz CT molecular complexity index is 490. The second-order valence-electron chi connectivity index (χ2n) is 5.34. The second-order valence-corrected chi connectivity index (χ2v) is 5.34. The van der Waals surface area contributed by atoms with Crippen molar-refractivity contribution < 1.29 is 9.47 Å². The monoisotopic (exact) mass is 277 g/mol. The molecule has 2 rings (SSSR count). The molecule has 5 heteroatoms. The average Bonchev–Trinajstić information content (AvgIpc) is 2.46.